The van der Waals surface area contributed by atoms with E-state index in [0.29, 0.717) is 30.2 Å². The summed E-state index contributed by atoms with van der Waals surface area (Å²) in [5, 5.41) is 15.9. The number of benzene rings is 1. The molecule has 9 heteroatoms. The largest absolute Gasteiger partial charge is 0.454 e. The Kier molecular flexibility index (Phi) is 4.12. The summed E-state index contributed by atoms with van der Waals surface area (Å²) in [7, 11) is 0. The number of fused-ring (bicyclic) bond motifs is 2. The molecule has 3 aromatic heterocycles. The van der Waals surface area contributed by atoms with E-state index < -0.39 is 0 Å². The summed E-state index contributed by atoms with van der Waals surface area (Å²) in [5.74, 6) is 2.40. The summed E-state index contributed by atoms with van der Waals surface area (Å²) in [6.45, 7) is 1.54. The predicted molar refractivity (Wildman–Crippen MR) is 111 cm³/mol. The minimum absolute atomic E-state index is 0.0574. The van der Waals surface area contributed by atoms with E-state index in [1.165, 1.54) is 0 Å². The SMILES string of the molecule is O=C(c1cc(-c2ccc3c(c2)OCO3)n[nH]1)N1CCCC(c2nnc3ccccn23)C1. The van der Waals surface area contributed by atoms with E-state index >= 15 is 0 Å². The molecule has 9 nitrogen and oxygen atoms in total. The number of ether oxygens (including phenoxy) is 2. The average Bonchev–Trinajstić information content (AvgIpc) is 3.57. The molecule has 1 unspecified atom stereocenters. The summed E-state index contributed by atoms with van der Waals surface area (Å²) in [4.78, 5) is 15.0. The van der Waals surface area contributed by atoms with Crippen LogP contribution in [0.4, 0.5) is 0 Å². The van der Waals surface area contributed by atoms with Gasteiger partial charge in [0, 0.05) is 30.8 Å². The lowest BCUT2D eigenvalue weighted by Crippen LogP contribution is -2.39. The minimum atomic E-state index is -0.0574. The number of hydrogen-bond acceptors (Lipinski definition) is 6. The Bertz CT molecular complexity index is 1280. The molecule has 1 saturated heterocycles. The van der Waals surface area contributed by atoms with E-state index in [2.05, 4.69) is 20.4 Å². The third-order valence-electron chi connectivity index (χ3n) is 5.89. The number of carbonyl (C=O) groups excluding carboxylic acids is 1. The van der Waals surface area contributed by atoms with E-state index in [9.17, 15) is 4.79 Å². The number of nitrogens with zero attached hydrogens (tertiary/aromatic N) is 5. The highest BCUT2D eigenvalue weighted by atomic mass is 16.7. The van der Waals surface area contributed by atoms with Crippen LogP contribution in [0, 0.1) is 0 Å². The molecule has 2 aliphatic heterocycles. The maximum atomic E-state index is 13.2. The summed E-state index contributed by atoms with van der Waals surface area (Å²) in [6, 6.07) is 13.3. The van der Waals surface area contributed by atoms with E-state index in [1.54, 1.807) is 6.07 Å². The molecule has 0 bridgehead atoms. The van der Waals surface area contributed by atoms with Gasteiger partial charge < -0.3 is 14.4 Å². The Morgan fingerprint density at radius 3 is 3.00 bits per heavy atom. The van der Waals surface area contributed by atoms with Gasteiger partial charge in [-0.25, -0.2) is 0 Å². The Balaban J connectivity index is 1.22. The smallest absolute Gasteiger partial charge is 0.271 e. The first-order valence-corrected chi connectivity index (χ1v) is 10.3. The van der Waals surface area contributed by atoms with Crippen molar-refractivity contribution in [2.75, 3.05) is 19.9 Å². The first-order valence-electron chi connectivity index (χ1n) is 10.3. The third kappa shape index (κ3) is 3.09. The summed E-state index contributed by atoms with van der Waals surface area (Å²) < 4.78 is 12.8. The fraction of sp³-hybridized carbons (Fsp3) is 0.273. The number of piperidine rings is 1. The molecule has 0 aliphatic carbocycles. The monoisotopic (exact) mass is 416 g/mol. The summed E-state index contributed by atoms with van der Waals surface area (Å²) in [5.41, 5.74) is 2.85. The second kappa shape index (κ2) is 7.12. The van der Waals surface area contributed by atoms with E-state index in [1.807, 2.05) is 51.9 Å². The number of pyridine rings is 1. The molecule has 2 aliphatic rings. The van der Waals surface area contributed by atoms with Gasteiger partial charge in [-0.3, -0.25) is 14.3 Å². The summed E-state index contributed by atoms with van der Waals surface area (Å²) in [6.07, 6.45) is 3.87. The van der Waals surface area contributed by atoms with Gasteiger partial charge in [0.2, 0.25) is 6.79 Å². The molecule has 1 aromatic carbocycles. The fourth-order valence-electron chi connectivity index (χ4n) is 4.32. The van der Waals surface area contributed by atoms with Gasteiger partial charge in [0.05, 0.1) is 5.69 Å². The van der Waals surface area contributed by atoms with Gasteiger partial charge in [0.15, 0.2) is 17.1 Å². The van der Waals surface area contributed by atoms with Crippen molar-refractivity contribution in [1.82, 2.24) is 29.7 Å². The molecule has 0 spiro atoms. The minimum Gasteiger partial charge on any atom is -0.454 e. The zero-order chi connectivity index (χ0) is 20.8. The molecule has 0 radical (unpaired) electrons. The van der Waals surface area contributed by atoms with Crippen LogP contribution in [-0.2, 0) is 0 Å². The maximum Gasteiger partial charge on any atom is 0.271 e. The number of carbonyl (C=O) groups is 1. The number of hydrogen-bond donors (Lipinski definition) is 1. The molecule has 1 atom stereocenters. The van der Waals surface area contributed by atoms with Crippen LogP contribution in [0.2, 0.25) is 0 Å². The van der Waals surface area contributed by atoms with Gasteiger partial charge in [-0.15, -0.1) is 10.2 Å². The number of H-pyrrole nitrogens is 1. The average molecular weight is 416 g/mol. The van der Waals surface area contributed by atoms with Gasteiger partial charge in [0.1, 0.15) is 11.5 Å². The molecule has 6 rings (SSSR count). The third-order valence-corrected chi connectivity index (χ3v) is 5.89. The molecular formula is C22H20N6O3. The highest BCUT2D eigenvalue weighted by Crippen LogP contribution is 2.35. The topological polar surface area (TPSA) is 97.6 Å². The van der Waals surface area contributed by atoms with Crippen LogP contribution in [0.3, 0.4) is 0 Å². The van der Waals surface area contributed by atoms with E-state index in [0.717, 1.165) is 35.6 Å². The highest BCUT2D eigenvalue weighted by Gasteiger charge is 2.29. The maximum absolute atomic E-state index is 13.2. The molecular weight excluding hydrogens is 396 g/mol. The van der Waals surface area contributed by atoms with Crippen molar-refractivity contribution in [3.8, 4) is 22.8 Å². The fourth-order valence-corrected chi connectivity index (χ4v) is 4.32. The van der Waals surface area contributed by atoms with Crippen LogP contribution in [0.25, 0.3) is 16.9 Å². The molecule has 1 fully saturated rings. The highest BCUT2D eigenvalue weighted by molar-refractivity contribution is 5.93. The van der Waals surface area contributed by atoms with Crippen LogP contribution < -0.4 is 9.47 Å². The molecule has 156 valence electrons. The lowest BCUT2D eigenvalue weighted by Gasteiger charge is -2.31. The number of likely N-dealkylation sites (tertiary alicyclic amines) is 1. The lowest BCUT2D eigenvalue weighted by atomic mass is 9.97. The van der Waals surface area contributed by atoms with Gasteiger partial charge >= 0.3 is 0 Å². The van der Waals surface area contributed by atoms with Crippen molar-refractivity contribution in [2.24, 2.45) is 0 Å². The lowest BCUT2D eigenvalue weighted by molar-refractivity contribution is 0.0698. The predicted octanol–water partition coefficient (Wildman–Crippen LogP) is 2.87. The molecule has 4 aromatic rings. The van der Waals surface area contributed by atoms with Crippen molar-refractivity contribution in [3.63, 3.8) is 0 Å². The van der Waals surface area contributed by atoms with Crippen LogP contribution in [0.15, 0.2) is 48.7 Å². The van der Waals surface area contributed by atoms with Gasteiger partial charge in [-0.1, -0.05) is 6.07 Å². The molecule has 1 amide bonds. The van der Waals surface area contributed by atoms with Crippen molar-refractivity contribution in [2.45, 2.75) is 18.8 Å². The van der Waals surface area contributed by atoms with Crippen LogP contribution in [0.1, 0.15) is 35.1 Å². The number of rotatable bonds is 3. The van der Waals surface area contributed by atoms with E-state index in [-0.39, 0.29) is 18.6 Å². The Labute approximate surface area is 177 Å². The molecule has 31 heavy (non-hydrogen) atoms. The molecule has 5 heterocycles. The normalized spacial score (nSPS) is 17.9. The Hall–Kier alpha value is -3.88. The van der Waals surface area contributed by atoms with Crippen LogP contribution >= 0.6 is 0 Å². The second-order valence-corrected chi connectivity index (χ2v) is 7.81. The van der Waals surface area contributed by atoms with Crippen LogP contribution in [0.5, 0.6) is 11.5 Å². The molecule has 0 saturated carbocycles. The van der Waals surface area contributed by atoms with Crippen molar-refractivity contribution >= 4 is 11.6 Å². The van der Waals surface area contributed by atoms with Crippen molar-refractivity contribution in [1.29, 1.82) is 0 Å². The van der Waals surface area contributed by atoms with Gasteiger partial charge in [0.25, 0.3) is 5.91 Å². The van der Waals surface area contributed by atoms with Gasteiger partial charge in [-0.2, -0.15) is 5.10 Å². The quantitative estimate of drug-likeness (QED) is 0.552. The number of aromatic nitrogens is 5. The van der Waals surface area contributed by atoms with Crippen LogP contribution in [-0.4, -0.2) is 55.5 Å². The number of amides is 1. The zero-order valence-electron chi connectivity index (χ0n) is 16.7. The Morgan fingerprint density at radius 2 is 2.03 bits per heavy atom. The summed E-state index contributed by atoms with van der Waals surface area (Å²) >= 11 is 0. The number of aromatic amines is 1. The first kappa shape index (κ1) is 17.9. The standard InChI is InChI=1S/C22H20N6O3/c29-22(17-11-16(23-24-17)14-6-7-18-19(10-14)31-13-30-18)27-8-3-4-15(12-27)21-26-25-20-5-1-2-9-28(20)21/h1-2,5-7,9-11,15H,3-4,8,12-13H2,(H,23,24). The van der Waals surface area contributed by atoms with E-state index in [4.69, 9.17) is 9.47 Å². The molecule has 1 N–H and O–H groups in total. The van der Waals surface area contributed by atoms with Crippen molar-refractivity contribution in [3.05, 3.63) is 60.2 Å². The second-order valence-electron chi connectivity index (χ2n) is 7.81. The first-order chi connectivity index (χ1) is 15.3. The van der Waals surface area contributed by atoms with Gasteiger partial charge in [-0.05, 0) is 49.2 Å². The Morgan fingerprint density at radius 1 is 1.10 bits per heavy atom. The van der Waals surface area contributed by atoms with Crippen molar-refractivity contribution < 1.29 is 14.3 Å². The zero-order valence-corrected chi connectivity index (χ0v) is 16.7. The number of nitrogens with one attached hydrogen (secondary N) is 1.